The Bertz CT molecular complexity index is 877. The van der Waals surface area contributed by atoms with Crippen molar-refractivity contribution in [3.8, 4) is 10.7 Å². The molecule has 0 saturated carbocycles. The van der Waals surface area contributed by atoms with E-state index in [0.29, 0.717) is 11.0 Å². The number of thiophene rings is 1. The van der Waals surface area contributed by atoms with E-state index in [4.69, 9.17) is 5.73 Å². The van der Waals surface area contributed by atoms with Crippen LogP contribution in [-0.2, 0) is 0 Å². The number of rotatable bonds is 5. The van der Waals surface area contributed by atoms with Gasteiger partial charge in [0.15, 0.2) is 5.82 Å². The van der Waals surface area contributed by atoms with Crippen molar-refractivity contribution in [2.24, 2.45) is 5.73 Å². The number of hydrogen-bond donors (Lipinski definition) is 2. The lowest BCUT2D eigenvalue weighted by Crippen LogP contribution is -2.13. The first-order valence-corrected chi connectivity index (χ1v) is 7.82. The molecule has 0 fully saturated rings. The third kappa shape index (κ3) is 3.19. The standard InChI is InChI=1S/C12H8N6O3S2/c13-9(19)7-4-6(18(20)21)5-14-11(7)23-12-15-10(16-17-12)8-2-1-3-22-8/h1-5H,(H2,13,19)(H,15,16,17). The van der Waals surface area contributed by atoms with E-state index in [1.807, 2.05) is 17.5 Å². The van der Waals surface area contributed by atoms with Crippen molar-refractivity contribution >= 4 is 34.7 Å². The van der Waals surface area contributed by atoms with Crippen molar-refractivity contribution in [3.63, 3.8) is 0 Å². The second kappa shape index (κ2) is 6.14. The molecule has 0 radical (unpaired) electrons. The molecule has 9 nitrogen and oxygen atoms in total. The summed E-state index contributed by atoms with van der Waals surface area (Å²) in [5.74, 6) is -0.220. The number of nitrogens with zero attached hydrogens (tertiary/aromatic N) is 4. The summed E-state index contributed by atoms with van der Waals surface area (Å²) in [7, 11) is 0. The van der Waals surface area contributed by atoms with Gasteiger partial charge in [0.1, 0.15) is 11.2 Å². The van der Waals surface area contributed by atoms with Gasteiger partial charge in [-0.1, -0.05) is 6.07 Å². The Labute approximate surface area is 137 Å². The number of aromatic nitrogens is 4. The zero-order chi connectivity index (χ0) is 16.4. The van der Waals surface area contributed by atoms with Crippen molar-refractivity contribution in [1.29, 1.82) is 0 Å². The van der Waals surface area contributed by atoms with Crippen molar-refractivity contribution in [3.05, 3.63) is 45.5 Å². The van der Waals surface area contributed by atoms with Crippen molar-refractivity contribution < 1.29 is 9.72 Å². The van der Waals surface area contributed by atoms with Crippen LogP contribution in [0.1, 0.15) is 10.4 Å². The Morgan fingerprint density at radius 3 is 2.96 bits per heavy atom. The van der Waals surface area contributed by atoms with Crippen LogP contribution in [-0.4, -0.2) is 31.0 Å². The lowest BCUT2D eigenvalue weighted by molar-refractivity contribution is -0.385. The Kier molecular flexibility index (Phi) is 4.04. The first-order valence-electron chi connectivity index (χ1n) is 6.13. The highest BCUT2D eigenvalue weighted by atomic mass is 32.2. The van der Waals surface area contributed by atoms with Crippen LogP contribution >= 0.6 is 23.1 Å². The van der Waals surface area contributed by atoms with Crippen LogP contribution in [0.3, 0.4) is 0 Å². The second-order valence-electron chi connectivity index (χ2n) is 4.21. The molecular formula is C12H8N6O3S2. The molecule has 0 saturated heterocycles. The quantitative estimate of drug-likeness (QED) is 0.531. The number of aromatic amines is 1. The maximum Gasteiger partial charge on any atom is 0.288 e. The molecule has 3 rings (SSSR count). The molecule has 0 aliphatic carbocycles. The van der Waals surface area contributed by atoms with Gasteiger partial charge in [0.05, 0.1) is 15.4 Å². The minimum atomic E-state index is -0.808. The van der Waals surface area contributed by atoms with E-state index in [-0.39, 0.29) is 16.3 Å². The Balaban J connectivity index is 1.91. The predicted octanol–water partition coefficient (Wildman–Crippen LogP) is 2.09. The molecule has 0 aliphatic heterocycles. The molecule has 11 heteroatoms. The van der Waals surface area contributed by atoms with Crippen molar-refractivity contribution in [2.45, 2.75) is 10.2 Å². The molecule has 0 spiro atoms. The molecule has 3 aromatic heterocycles. The summed E-state index contributed by atoms with van der Waals surface area (Å²) in [5.41, 5.74) is 4.90. The molecule has 0 bridgehead atoms. The highest BCUT2D eigenvalue weighted by Gasteiger charge is 2.19. The fourth-order valence-corrected chi connectivity index (χ4v) is 3.14. The number of hydrogen-bond acceptors (Lipinski definition) is 8. The fourth-order valence-electron chi connectivity index (χ4n) is 1.70. The number of nitrogens with two attached hydrogens (primary N) is 1. The maximum absolute atomic E-state index is 11.5. The number of primary amides is 1. The smallest absolute Gasteiger partial charge is 0.288 e. The van der Waals surface area contributed by atoms with Crippen molar-refractivity contribution in [2.75, 3.05) is 0 Å². The van der Waals surface area contributed by atoms with E-state index in [0.717, 1.165) is 28.9 Å². The minimum Gasteiger partial charge on any atom is -0.366 e. The maximum atomic E-state index is 11.5. The summed E-state index contributed by atoms with van der Waals surface area (Å²) in [4.78, 5) is 30.7. The van der Waals surface area contributed by atoms with Crippen LogP contribution in [0.2, 0.25) is 0 Å². The summed E-state index contributed by atoms with van der Waals surface area (Å²) in [5, 5.41) is 20.0. The van der Waals surface area contributed by atoms with E-state index in [9.17, 15) is 14.9 Å². The lowest BCUT2D eigenvalue weighted by atomic mass is 10.2. The molecule has 116 valence electrons. The molecule has 0 aliphatic rings. The SMILES string of the molecule is NC(=O)c1cc([N+](=O)[O-])cnc1Sc1n[nH]c(-c2cccs2)n1. The van der Waals surface area contributed by atoms with E-state index in [1.165, 1.54) is 11.3 Å². The van der Waals surface area contributed by atoms with E-state index in [2.05, 4.69) is 20.2 Å². The third-order valence-electron chi connectivity index (χ3n) is 2.72. The molecule has 1 amide bonds. The largest absolute Gasteiger partial charge is 0.366 e. The number of carbonyl (C=O) groups is 1. The molecule has 3 N–H and O–H groups in total. The van der Waals surface area contributed by atoms with Gasteiger partial charge in [0, 0.05) is 6.07 Å². The number of nitrogens with one attached hydrogen (secondary N) is 1. The van der Waals surface area contributed by atoms with Crippen LogP contribution < -0.4 is 5.73 Å². The van der Waals surface area contributed by atoms with Gasteiger partial charge in [-0.3, -0.25) is 20.0 Å². The van der Waals surface area contributed by atoms with Crippen LogP contribution in [0, 0.1) is 10.1 Å². The molecular weight excluding hydrogens is 340 g/mol. The minimum absolute atomic E-state index is 0.0494. The van der Waals surface area contributed by atoms with Gasteiger partial charge in [-0.15, -0.1) is 16.4 Å². The molecule has 0 aromatic carbocycles. The zero-order valence-corrected chi connectivity index (χ0v) is 12.9. The van der Waals surface area contributed by atoms with Crippen LogP contribution in [0.4, 0.5) is 5.69 Å². The predicted molar refractivity (Wildman–Crippen MR) is 83.2 cm³/mol. The van der Waals surface area contributed by atoms with E-state index >= 15 is 0 Å². The number of H-pyrrole nitrogens is 1. The molecule has 23 heavy (non-hydrogen) atoms. The van der Waals surface area contributed by atoms with Gasteiger partial charge in [-0.2, -0.15) is 0 Å². The van der Waals surface area contributed by atoms with Gasteiger partial charge in [-0.05, 0) is 23.2 Å². The Morgan fingerprint density at radius 1 is 1.48 bits per heavy atom. The topological polar surface area (TPSA) is 141 Å². The van der Waals surface area contributed by atoms with E-state index < -0.39 is 10.8 Å². The molecule has 0 atom stereocenters. The van der Waals surface area contributed by atoms with Crippen molar-refractivity contribution in [1.82, 2.24) is 20.2 Å². The van der Waals surface area contributed by atoms with E-state index in [1.54, 1.807) is 0 Å². The molecule has 3 aromatic rings. The molecule has 0 unspecified atom stereocenters. The monoisotopic (exact) mass is 348 g/mol. The highest BCUT2D eigenvalue weighted by molar-refractivity contribution is 7.99. The van der Waals surface area contributed by atoms with Gasteiger partial charge < -0.3 is 5.73 Å². The Morgan fingerprint density at radius 2 is 2.30 bits per heavy atom. The van der Waals surface area contributed by atoms with Crippen LogP contribution in [0.15, 0.2) is 40.0 Å². The first-order chi connectivity index (χ1) is 11.0. The summed E-state index contributed by atoms with van der Waals surface area (Å²) >= 11 is 2.50. The number of amides is 1. The second-order valence-corrected chi connectivity index (χ2v) is 6.12. The average Bonchev–Trinajstić information content (AvgIpc) is 3.17. The highest BCUT2D eigenvalue weighted by Crippen LogP contribution is 2.30. The summed E-state index contributed by atoms with van der Waals surface area (Å²) in [6.45, 7) is 0. The average molecular weight is 348 g/mol. The summed E-state index contributed by atoms with van der Waals surface area (Å²) < 4.78 is 0. The first kappa shape index (κ1) is 15.1. The fraction of sp³-hybridized carbons (Fsp3) is 0. The van der Waals surface area contributed by atoms with Gasteiger partial charge in [0.2, 0.25) is 5.16 Å². The van der Waals surface area contributed by atoms with Gasteiger partial charge in [-0.25, -0.2) is 9.97 Å². The van der Waals surface area contributed by atoms with Crippen LogP contribution in [0.5, 0.6) is 0 Å². The Hall–Kier alpha value is -2.79. The van der Waals surface area contributed by atoms with Gasteiger partial charge in [0.25, 0.3) is 11.6 Å². The lowest BCUT2D eigenvalue weighted by Gasteiger charge is -2.02. The number of nitro groups is 1. The number of carbonyl (C=O) groups excluding carboxylic acids is 1. The summed E-state index contributed by atoms with van der Waals surface area (Å²) in [6.07, 6.45) is 1.06. The number of pyridine rings is 1. The zero-order valence-electron chi connectivity index (χ0n) is 11.3. The normalized spacial score (nSPS) is 10.6. The van der Waals surface area contributed by atoms with Gasteiger partial charge >= 0.3 is 0 Å². The molecule has 3 heterocycles. The van der Waals surface area contributed by atoms with Crippen LogP contribution in [0.25, 0.3) is 10.7 Å². The third-order valence-corrected chi connectivity index (χ3v) is 4.48. The summed E-state index contributed by atoms with van der Waals surface area (Å²) in [6, 6.07) is 4.86.